The maximum Gasteiger partial charge on any atom is 0.323 e. The normalized spacial score (nSPS) is 19.1. The van der Waals surface area contributed by atoms with Crippen LogP contribution in [0.2, 0.25) is 0 Å². The number of nitrogens with two attached hydrogens (primary N) is 3. The first kappa shape index (κ1) is 65.9. The van der Waals surface area contributed by atoms with Crippen molar-refractivity contribution in [3.63, 3.8) is 0 Å². The van der Waals surface area contributed by atoms with E-state index in [0.717, 1.165) is 44.8 Å². The van der Waals surface area contributed by atoms with E-state index in [1.165, 1.54) is 29.7 Å². The van der Waals surface area contributed by atoms with Crippen molar-refractivity contribution in [2.24, 2.45) is 17.2 Å². The second kappa shape index (κ2) is 29.6. The number of carbonyl (C=O) groups excluding carboxylic acids is 5. The highest BCUT2D eigenvalue weighted by Crippen LogP contribution is 2.33. The van der Waals surface area contributed by atoms with Gasteiger partial charge in [-0.15, -0.1) is 0 Å². The van der Waals surface area contributed by atoms with Crippen molar-refractivity contribution in [3.8, 4) is 0 Å². The molecule has 0 unspecified atom stereocenters. The van der Waals surface area contributed by atoms with Crippen molar-refractivity contribution >= 4 is 57.1 Å². The molecule has 2 heterocycles. The Kier molecular flexibility index (Phi) is 22.7. The predicted octanol–water partition coefficient (Wildman–Crippen LogP) is 6.10. The SMILES string of the molecule is C.CC[C@H]1CN([C@@H](Cc2ccc3ccccc3c2)C(=O)NC)CCN1C(=O)[C@@H](Cc1ccc(F)cc1)NC(=O)C1(N)CC1.CC[C@H]1CN([C@@H](Cc2ccc3ccccc3c2)C(=O)NC)CCN1C(=O)[C@H](N)Cc1ccc(F)cc1.NC1(C(=O)O)CC1. The number of carboxylic acids is 1. The summed E-state index contributed by atoms with van der Waals surface area (Å²) in [6.45, 7) is 7.27. The Morgan fingerprint density at radius 2 is 0.942 bits per heavy atom. The summed E-state index contributed by atoms with van der Waals surface area (Å²) < 4.78 is 26.8. The van der Waals surface area contributed by atoms with Gasteiger partial charge < -0.3 is 48.1 Å². The van der Waals surface area contributed by atoms with Gasteiger partial charge in [0.05, 0.1) is 23.7 Å². The van der Waals surface area contributed by atoms with Crippen molar-refractivity contribution < 1.29 is 42.7 Å². The number of likely N-dealkylation sites (N-methyl/N-ethyl adjacent to an activating group) is 2. The Labute approximate surface area is 504 Å². The smallest absolute Gasteiger partial charge is 0.323 e. The highest BCUT2D eigenvalue weighted by Gasteiger charge is 2.48. The second-order valence-electron chi connectivity index (χ2n) is 23.1. The molecule has 6 aromatic rings. The van der Waals surface area contributed by atoms with E-state index in [1.807, 2.05) is 41.0 Å². The van der Waals surface area contributed by atoms with E-state index >= 15 is 0 Å². The molecule has 6 atom stereocenters. The third kappa shape index (κ3) is 16.8. The number of amides is 5. The fourth-order valence-electron chi connectivity index (χ4n) is 11.3. The molecule has 2 aliphatic heterocycles. The summed E-state index contributed by atoms with van der Waals surface area (Å²) >= 11 is 0. The predicted molar refractivity (Wildman–Crippen MR) is 333 cm³/mol. The van der Waals surface area contributed by atoms with Crippen LogP contribution in [0.5, 0.6) is 0 Å². The Balaban J connectivity index is 0.000000220. The Morgan fingerprint density at radius 1 is 0.547 bits per heavy atom. The van der Waals surface area contributed by atoms with Gasteiger partial charge in [0, 0.05) is 71.9 Å². The summed E-state index contributed by atoms with van der Waals surface area (Å²) in [5, 5.41) is 21.4. The number of hydrogen-bond acceptors (Lipinski definition) is 11. The van der Waals surface area contributed by atoms with Crippen molar-refractivity contribution in [2.75, 3.05) is 53.4 Å². The molecule has 19 heteroatoms. The molecule has 0 spiro atoms. The van der Waals surface area contributed by atoms with Gasteiger partial charge in [-0.2, -0.15) is 0 Å². The number of fused-ring (bicyclic) bond motifs is 2. The van der Waals surface area contributed by atoms with Gasteiger partial charge in [-0.1, -0.05) is 130 Å². The number of nitrogens with one attached hydrogen (secondary N) is 3. The molecule has 4 fully saturated rings. The number of nitrogens with zero attached hydrogens (tertiary/aromatic N) is 4. The molecule has 4 aliphatic rings. The molecule has 5 amide bonds. The molecule has 6 aromatic carbocycles. The van der Waals surface area contributed by atoms with Crippen LogP contribution >= 0.6 is 0 Å². The van der Waals surface area contributed by atoms with E-state index in [-0.39, 0.29) is 79.2 Å². The maximum atomic E-state index is 14.0. The number of carboxylic acid groups (broad SMARTS) is 1. The number of piperazine rings is 2. The molecule has 2 aliphatic carbocycles. The van der Waals surface area contributed by atoms with Crippen molar-refractivity contribution in [2.45, 2.75) is 133 Å². The molecular weight excluding hydrogens is 1090 g/mol. The van der Waals surface area contributed by atoms with Gasteiger partial charge >= 0.3 is 5.97 Å². The first-order chi connectivity index (χ1) is 40.7. The minimum absolute atomic E-state index is 0. The van der Waals surface area contributed by atoms with E-state index < -0.39 is 29.1 Å². The van der Waals surface area contributed by atoms with Crippen LogP contribution < -0.4 is 33.2 Å². The molecule has 0 aromatic heterocycles. The van der Waals surface area contributed by atoms with Gasteiger partial charge in [0.25, 0.3) is 0 Å². The summed E-state index contributed by atoms with van der Waals surface area (Å²) in [5.41, 5.74) is 19.6. The fourth-order valence-corrected chi connectivity index (χ4v) is 11.3. The Bertz CT molecular complexity index is 3310. The number of aliphatic carboxylic acids is 1. The molecule has 0 bridgehead atoms. The minimum atomic E-state index is -0.923. The van der Waals surface area contributed by atoms with Gasteiger partial charge in [-0.05, 0) is 126 Å². The lowest BCUT2D eigenvalue weighted by Gasteiger charge is -2.45. The van der Waals surface area contributed by atoms with Gasteiger partial charge in [-0.25, -0.2) is 8.78 Å². The van der Waals surface area contributed by atoms with E-state index in [1.54, 1.807) is 38.4 Å². The van der Waals surface area contributed by atoms with Gasteiger partial charge in [0.1, 0.15) is 23.2 Å². The van der Waals surface area contributed by atoms with Crippen LogP contribution in [0.15, 0.2) is 133 Å². The first-order valence-electron chi connectivity index (χ1n) is 29.6. The average molecular weight is 1180 g/mol. The van der Waals surface area contributed by atoms with Crippen LogP contribution in [0.4, 0.5) is 8.78 Å². The molecule has 10 rings (SSSR count). The number of hydrogen-bond donors (Lipinski definition) is 7. The Morgan fingerprint density at radius 3 is 1.33 bits per heavy atom. The lowest BCUT2D eigenvalue weighted by Crippen LogP contribution is -2.63. The molecule has 460 valence electrons. The van der Waals surface area contributed by atoms with Crippen LogP contribution in [0.1, 0.15) is 82.1 Å². The number of rotatable bonds is 19. The Hall–Kier alpha value is -7.68. The van der Waals surface area contributed by atoms with E-state index in [0.29, 0.717) is 90.6 Å². The zero-order chi connectivity index (χ0) is 61.0. The summed E-state index contributed by atoms with van der Waals surface area (Å²) in [7, 11) is 3.32. The van der Waals surface area contributed by atoms with Gasteiger partial charge in [0.2, 0.25) is 29.5 Å². The van der Waals surface area contributed by atoms with Crippen molar-refractivity contribution in [3.05, 3.63) is 167 Å². The second-order valence-corrected chi connectivity index (χ2v) is 23.1. The maximum absolute atomic E-state index is 14.0. The quantitative estimate of drug-likeness (QED) is 0.0486. The minimum Gasteiger partial charge on any atom is -0.480 e. The van der Waals surface area contributed by atoms with Gasteiger partial charge in [-0.3, -0.25) is 38.6 Å². The fraction of sp³-hybridized carbons (Fsp3) is 0.433. The molecule has 17 nitrogen and oxygen atoms in total. The molecule has 0 radical (unpaired) electrons. The summed E-state index contributed by atoms with van der Waals surface area (Å²) in [6.07, 6.45) is 5.66. The molecule has 2 saturated carbocycles. The average Bonchev–Trinajstić information content (AvgIpc) is 4.43. The zero-order valence-electron chi connectivity index (χ0n) is 49.2. The molecule has 10 N–H and O–H groups in total. The topological polar surface area (TPSA) is 250 Å². The van der Waals surface area contributed by atoms with Crippen LogP contribution in [-0.4, -0.2) is 161 Å². The van der Waals surface area contributed by atoms with E-state index in [2.05, 4.69) is 93.3 Å². The van der Waals surface area contributed by atoms with Crippen LogP contribution in [0.25, 0.3) is 21.5 Å². The monoisotopic (exact) mass is 1180 g/mol. The summed E-state index contributed by atoms with van der Waals surface area (Å²) in [4.78, 5) is 84.2. The standard InChI is InChI=1S/C33H40FN5O3.C29H35FN4O2.C4H7NO2.CH4/c1-3-27-21-38(29(30(40)36-2)20-23-8-11-24-6-4-5-7-25(24)18-23)16-17-39(27)31(41)28(37-32(42)33(35)14-15-33)19-22-9-12-26(34)13-10-22;1-3-25-19-33(14-15-34(25)29(36)26(31)17-20-9-12-24(30)13-10-20)27(28(35)32-2)18-21-8-11-22-6-4-5-7-23(22)16-21;5-4(1-2-4)3(6)7;/h4-13,18,27-29H,3,14-17,19-21,35H2,1-2H3,(H,36,40)(H,37,42);4-13,16,25-27H,3,14-15,17-19,31H2,1-2H3,(H,32,35);1-2,5H2,(H,6,7);1H4/t27-,28+,29-;25-,26+,27-;;/m00../s1. The number of carbonyl (C=O) groups is 6. The summed E-state index contributed by atoms with van der Waals surface area (Å²) in [6, 6.07) is 38.7. The molecule has 86 heavy (non-hydrogen) atoms. The number of benzene rings is 6. The third-order valence-electron chi connectivity index (χ3n) is 17.1. The highest BCUT2D eigenvalue weighted by atomic mass is 19.1. The van der Waals surface area contributed by atoms with Crippen LogP contribution in [0, 0.1) is 11.6 Å². The van der Waals surface area contributed by atoms with Crippen molar-refractivity contribution in [1.82, 2.24) is 35.6 Å². The van der Waals surface area contributed by atoms with Gasteiger partial charge in [0.15, 0.2) is 0 Å². The van der Waals surface area contributed by atoms with Crippen LogP contribution in [-0.2, 0) is 54.5 Å². The number of halogens is 2. The van der Waals surface area contributed by atoms with Crippen molar-refractivity contribution in [1.29, 1.82) is 0 Å². The largest absolute Gasteiger partial charge is 0.480 e. The lowest BCUT2D eigenvalue weighted by molar-refractivity contribution is -0.142. The van der Waals surface area contributed by atoms with Crippen LogP contribution in [0.3, 0.4) is 0 Å². The molecule has 2 saturated heterocycles. The van der Waals surface area contributed by atoms with E-state index in [4.69, 9.17) is 22.3 Å². The highest BCUT2D eigenvalue weighted by molar-refractivity contribution is 5.94. The molecular formula is C67H86F2N10O7. The zero-order valence-corrected chi connectivity index (χ0v) is 49.2. The summed E-state index contributed by atoms with van der Waals surface area (Å²) in [5.74, 6) is -2.23. The third-order valence-corrected chi connectivity index (χ3v) is 17.1. The van der Waals surface area contributed by atoms with E-state index in [9.17, 15) is 37.5 Å². The lowest BCUT2D eigenvalue weighted by atomic mass is 9.97. The first-order valence-corrected chi connectivity index (χ1v) is 29.6.